The van der Waals surface area contributed by atoms with Crippen molar-refractivity contribution >= 4 is 27.6 Å². The number of pyridine rings is 1. The molecule has 0 atom stereocenters. The molecule has 0 fully saturated rings. The highest BCUT2D eigenvalue weighted by Gasteiger charge is 2.14. The van der Waals surface area contributed by atoms with Crippen molar-refractivity contribution in [2.45, 2.75) is 0 Å². The molecule has 0 amide bonds. The average molecular weight is 368 g/mol. The molecule has 6 heteroatoms. The number of benzene rings is 1. The number of aromatic nitrogens is 3. The summed E-state index contributed by atoms with van der Waals surface area (Å²) in [5, 5.41) is 8.21. The van der Waals surface area contributed by atoms with E-state index in [2.05, 4.69) is 31.1 Å². The SMILES string of the molecule is Brc1ccc2c(c1)C=C(c1nnc(-c3cccnc3)o1)C=CO2. The third-order valence-corrected chi connectivity index (χ3v) is 3.80. The molecule has 0 bridgehead atoms. The van der Waals surface area contributed by atoms with Crippen LogP contribution in [0, 0.1) is 0 Å². The van der Waals surface area contributed by atoms with Crippen LogP contribution < -0.4 is 4.74 Å². The summed E-state index contributed by atoms with van der Waals surface area (Å²) in [4.78, 5) is 4.06. The molecule has 4 rings (SSSR count). The van der Waals surface area contributed by atoms with E-state index < -0.39 is 0 Å². The van der Waals surface area contributed by atoms with Crippen LogP contribution in [0.25, 0.3) is 23.1 Å². The van der Waals surface area contributed by atoms with Gasteiger partial charge in [-0.3, -0.25) is 4.98 Å². The molecule has 0 radical (unpaired) electrons. The minimum absolute atomic E-state index is 0.427. The summed E-state index contributed by atoms with van der Waals surface area (Å²) in [6, 6.07) is 9.50. The summed E-state index contributed by atoms with van der Waals surface area (Å²) >= 11 is 3.46. The van der Waals surface area contributed by atoms with Gasteiger partial charge in [0.2, 0.25) is 11.8 Å². The number of nitrogens with zero attached hydrogens (tertiary/aromatic N) is 3. The summed E-state index contributed by atoms with van der Waals surface area (Å²) in [6.07, 6.45) is 8.74. The van der Waals surface area contributed by atoms with Crippen LogP contribution in [-0.4, -0.2) is 15.2 Å². The fraction of sp³-hybridized carbons (Fsp3) is 0. The Morgan fingerprint density at radius 2 is 1.96 bits per heavy atom. The number of fused-ring (bicyclic) bond motifs is 1. The van der Waals surface area contributed by atoms with E-state index in [4.69, 9.17) is 9.15 Å². The highest BCUT2D eigenvalue weighted by Crippen LogP contribution is 2.31. The number of hydrogen-bond donors (Lipinski definition) is 0. The molecule has 3 aromatic rings. The van der Waals surface area contributed by atoms with Gasteiger partial charge in [-0.05, 0) is 42.5 Å². The van der Waals surface area contributed by atoms with Gasteiger partial charge in [0, 0.05) is 28.0 Å². The third-order valence-electron chi connectivity index (χ3n) is 3.31. The molecule has 0 aliphatic carbocycles. The molecule has 1 aliphatic rings. The van der Waals surface area contributed by atoms with E-state index in [1.54, 1.807) is 24.7 Å². The fourth-order valence-corrected chi connectivity index (χ4v) is 2.59. The number of rotatable bonds is 2. The molecular formula is C17H10BrN3O2. The topological polar surface area (TPSA) is 61.0 Å². The normalized spacial score (nSPS) is 13.0. The second-order valence-electron chi connectivity index (χ2n) is 4.86. The van der Waals surface area contributed by atoms with E-state index in [1.165, 1.54) is 0 Å². The molecule has 23 heavy (non-hydrogen) atoms. The van der Waals surface area contributed by atoms with Crippen molar-refractivity contribution in [3.05, 3.63) is 71.0 Å². The summed E-state index contributed by atoms with van der Waals surface area (Å²) in [5.74, 6) is 1.63. The molecule has 112 valence electrons. The van der Waals surface area contributed by atoms with Crippen molar-refractivity contribution in [2.75, 3.05) is 0 Å². The number of hydrogen-bond acceptors (Lipinski definition) is 5. The monoisotopic (exact) mass is 367 g/mol. The van der Waals surface area contributed by atoms with Gasteiger partial charge in [0.1, 0.15) is 5.75 Å². The Bertz CT molecular complexity index is 917. The molecule has 0 saturated heterocycles. The fourth-order valence-electron chi connectivity index (χ4n) is 2.21. The van der Waals surface area contributed by atoms with Crippen LogP contribution in [0.15, 0.2) is 64.0 Å². The lowest BCUT2D eigenvalue weighted by Crippen LogP contribution is -1.83. The van der Waals surface area contributed by atoms with E-state index in [9.17, 15) is 0 Å². The van der Waals surface area contributed by atoms with Gasteiger partial charge in [-0.2, -0.15) is 0 Å². The molecule has 0 N–H and O–H groups in total. The lowest BCUT2D eigenvalue weighted by Gasteiger charge is -2.03. The second kappa shape index (κ2) is 5.81. The first-order chi connectivity index (χ1) is 11.3. The van der Waals surface area contributed by atoms with Gasteiger partial charge in [-0.15, -0.1) is 10.2 Å². The van der Waals surface area contributed by atoms with Gasteiger partial charge in [-0.1, -0.05) is 15.9 Å². The van der Waals surface area contributed by atoms with Gasteiger partial charge in [0.25, 0.3) is 0 Å². The maximum absolute atomic E-state index is 5.76. The summed E-state index contributed by atoms with van der Waals surface area (Å²) in [5.41, 5.74) is 2.49. The van der Waals surface area contributed by atoms with Crippen LogP contribution in [-0.2, 0) is 0 Å². The average Bonchev–Trinajstić information content (AvgIpc) is 2.97. The van der Waals surface area contributed by atoms with Crippen LogP contribution in [0.1, 0.15) is 11.5 Å². The number of ether oxygens (including phenoxy) is 1. The van der Waals surface area contributed by atoms with Crippen molar-refractivity contribution in [1.82, 2.24) is 15.2 Å². The van der Waals surface area contributed by atoms with Crippen LogP contribution in [0.5, 0.6) is 5.75 Å². The molecule has 0 unspecified atom stereocenters. The second-order valence-corrected chi connectivity index (χ2v) is 5.77. The first-order valence-corrected chi connectivity index (χ1v) is 7.68. The van der Waals surface area contributed by atoms with Crippen LogP contribution in [0.3, 0.4) is 0 Å². The lowest BCUT2D eigenvalue weighted by atomic mass is 10.1. The molecule has 0 saturated carbocycles. The highest BCUT2D eigenvalue weighted by molar-refractivity contribution is 9.10. The predicted molar refractivity (Wildman–Crippen MR) is 89.3 cm³/mol. The standard InChI is InChI=1S/C17H10BrN3O2/c18-14-3-4-15-13(9-14)8-11(5-7-22-15)16-20-21-17(23-16)12-2-1-6-19-10-12/h1-10H. The van der Waals surface area contributed by atoms with Gasteiger partial charge >= 0.3 is 0 Å². The molecule has 5 nitrogen and oxygen atoms in total. The zero-order valence-corrected chi connectivity index (χ0v) is 13.4. The maximum atomic E-state index is 5.76. The molecule has 1 aromatic carbocycles. The van der Waals surface area contributed by atoms with Crippen LogP contribution in [0.4, 0.5) is 0 Å². The first kappa shape index (κ1) is 13.9. The zero-order chi connectivity index (χ0) is 15.6. The third kappa shape index (κ3) is 2.80. The van der Waals surface area contributed by atoms with Crippen molar-refractivity contribution in [1.29, 1.82) is 0 Å². The van der Waals surface area contributed by atoms with Crippen molar-refractivity contribution in [3.63, 3.8) is 0 Å². The summed E-state index contributed by atoms with van der Waals surface area (Å²) in [7, 11) is 0. The molecular weight excluding hydrogens is 358 g/mol. The molecule has 0 spiro atoms. The summed E-state index contributed by atoms with van der Waals surface area (Å²) < 4.78 is 12.3. The van der Waals surface area contributed by atoms with E-state index in [0.717, 1.165) is 26.9 Å². The smallest absolute Gasteiger partial charge is 0.249 e. The van der Waals surface area contributed by atoms with Gasteiger partial charge in [0.05, 0.1) is 11.8 Å². The van der Waals surface area contributed by atoms with Crippen molar-refractivity contribution in [2.24, 2.45) is 0 Å². The maximum Gasteiger partial charge on any atom is 0.249 e. The number of halogens is 1. The Kier molecular flexibility index (Phi) is 3.51. The van der Waals surface area contributed by atoms with Crippen LogP contribution in [0.2, 0.25) is 0 Å². The Hall–Kier alpha value is -2.73. The zero-order valence-electron chi connectivity index (χ0n) is 11.8. The van der Waals surface area contributed by atoms with Gasteiger partial charge < -0.3 is 9.15 Å². The largest absolute Gasteiger partial charge is 0.464 e. The van der Waals surface area contributed by atoms with Gasteiger partial charge in [0.15, 0.2) is 0 Å². The Morgan fingerprint density at radius 1 is 1.04 bits per heavy atom. The van der Waals surface area contributed by atoms with Crippen LogP contribution >= 0.6 is 15.9 Å². The van der Waals surface area contributed by atoms with E-state index in [1.807, 2.05) is 36.4 Å². The van der Waals surface area contributed by atoms with E-state index in [-0.39, 0.29) is 0 Å². The van der Waals surface area contributed by atoms with E-state index >= 15 is 0 Å². The first-order valence-electron chi connectivity index (χ1n) is 6.88. The van der Waals surface area contributed by atoms with Crippen molar-refractivity contribution in [3.8, 4) is 17.2 Å². The minimum atomic E-state index is 0.427. The highest BCUT2D eigenvalue weighted by atomic mass is 79.9. The quantitative estimate of drug-likeness (QED) is 0.673. The molecule has 3 heterocycles. The minimum Gasteiger partial charge on any atom is -0.464 e. The Labute approximate surface area is 140 Å². The molecule has 2 aromatic heterocycles. The number of allylic oxidation sites excluding steroid dienone is 2. The van der Waals surface area contributed by atoms with E-state index in [0.29, 0.717) is 11.8 Å². The van der Waals surface area contributed by atoms with Gasteiger partial charge in [-0.25, -0.2) is 0 Å². The predicted octanol–water partition coefficient (Wildman–Crippen LogP) is 4.34. The Morgan fingerprint density at radius 3 is 2.83 bits per heavy atom. The van der Waals surface area contributed by atoms with Crippen molar-refractivity contribution < 1.29 is 9.15 Å². The summed E-state index contributed by atoms with van der Waals surface area (Å²) in [6.45, 7) is 0. The lowest BCUT2D eigenvalue weighted by molar-refractivity contribution is 0.481. The Balaban J connectivity index is 1.74. The molecule has 1 aliphatic heterocycles.